The fourth-order valence-electron chi connectivity index (χ4n) is 3.26. The zero-order valence-corrected chi connectivity index (χ0v) is 18.8. The second-order valence-corrected chi connectivity index (χ2v) is 7.51. The van der Waals surface area contributed by atoms with Gasteiger partial charge in [0.25, 0.3) is 0 Å². The average Bonchev–Trinajstić information content (AvgIpc) is 2.70. The number of hydrogen-bond acceptors (Lipinski definition) is 8. The van der Waals surface area contributed by atoms with Gasteiger partial charge in [-0.25, -0.2) is 19.4 Å². The topological polar surface area (TPSA) is 167 Å². The van der Waals surface area contributed by atoms with Crippen molar-refractivity contribution in [1.29, 1.82) is 0 Å². The highest BCUT2D eigenvalue weighted by Crippen LogP contribution is 2.08. The summed E-state index contributed by atoms with van der Waals surface area (Å²) in [7, 11) is 0. The number of rotatable bonds is 7. The minimum atomic E-state index is -1.24. The molecular formula is C18H31N5O8S. The van der Waals surface area contributed by atoms with Gasteiger partial charge in [0.2, 0.25) is 0 Å². The summed E-state index contributed by atoms with van der Waals surface area (Å²) in [6, 6.07) is -0.641. The van der Waals surface area contributed by atoms with Crippen molar-refractivity contribution in [3.63, 3.8) is 0 Å². The summed E-state index contributed by atoms with van der Waals surface area (Å²) in [5.41, 5.74) is 0. The smallest absolute Gasteiger partial charge is 0.407 e. The van der Waals surface area contributed by atoms with Gasteiger partial charge in [-0.3, -0.25) is 4.90 Å². The fraction of sp³-hybridized carbons (Fsp3) is 0.778. The first-order valence-corrected chi connectivity index (χ1v) is 10.5. The van der Waals surface area contributed by atoms with E-state index >= 15 is 0 Å². The molecule has 1 saturated heterocycles. The average molecular weight is 478 g/mol. The quantitative estimate of drug-likeness (QED) is 0.224. The summed E-state index contributed by atoms with van der Waals surface area (Å²) in [6.45, 7) is 2.72. The Morgan fingerprint density at radius 2 is 1.62 bits per heavy atom. The molecule has 0 bridgehead atoms. The van der Waals surface area contributed by atoms with E-state index in [9.17, 15) is 34.8 Å². The first-order chi connectivity index (χ1) is 15.1. The first kappa shape index (κ1) is 27.5. The Kier molecular flexibility index (Phi) is 12.5. The Morgan fingerprint density at radius 3 is 2.22 bits per heavy atom. The standard InChI is InChI=1S/C18H31N5O8S/c1-14-10-22(17(27)28)7-6-21(16(25)26)5-3-20(4-8-23(14)18(29)30)11-15(24)12-31-9-2-19-13-32/h14-15,24H,2-12H2,1H3,(H,25,26)(H,27,28)(H,29,30). The van der Waals surface area contributed by atoms with Gasteiger partial charge < -0.3 is 39.9 Å². The number of aliphatic hydroxyl groups excluding tert-OH is 1. The number of carbonyl (C=O) groups is 3. The lowest BCUT2D eigenvalue weighted by Crippen LogP contribution is -2.53. The van der Waals surface area contributed by atoms with Crippen LogP contribution in [0.25, 0.3) is 0 Å². The van der Waals surface area contributed by atoms with Crippen LogP contribution in [-0.4, -0.2) is 148 Å². The Bertz CT molecular complexity index is 678. The van der Waals surface area contributed by atoms with Crippen molar-refractivity contribution in [3.05, 3.63) is 0 Å². The molecule has 0 aromatic rings. The van der Waals surface area contributed by atoms with Crippen LogP contribution in [0.4, 0.5) is 14.4 Å². The molecule has 0 radical (unpaired) electrons. The fourth-order valence-corrected chi connectivity index (χ4v) is 3.35. The molecule has 1 aliphatic heterocycles. The Hall–Kier alpha value is -2.51. The molecule has 182 valence electrons. The van der Waals surface area contributed by atoms with Crippen LogP contribution in [0, 0.1) is 0 Å². The largest absolute Gasteiger partial charge is 0.465 e. The number of aliphatic hydroxyl groups is 1. The molecule has 1 fully saturated rings. The van der Waals surface area contributed by atoms with Crippen molar-refractivity contribution < 1.29 is 39.5 Å². The molecule has 14 heteroatoms. The third kappa shape index (κ3) is 10.2. The molecule has 0 spiro atoms. The zero-order valence-electron chi connectivity index (χ0n) is 18.0. The van der Waals surface area contributed by atoms with Crippen LogP contribution in [0.1, 0.15) is 6.92 Å². The highest BCUT2D eigenvalue weighted by molar-refractivity contribution is 7.78. The Balaban J connectivity index is 2.87. The molecule has 1 aliphatic rings. The molecule has 1 rings (SSSR count). The summed E-state index contributed by atoms with van der Waals surface area (Å²) in [6.07, 6.45) is -4.49. The van der Waals surface area contributed by atoms with Gasteiger partial charge in [0.05, 0.1) is 31.0 Å². The van der Waals surface area contributed by atoms with Crippen molar-refractivity contribution in [2.75, 3.05) is 72.1 Å². The summed E-state index contributed by atoms with van der Waals surface area (Å²) in [4.78, 5) is 43.5. The van der Waals surface area contributed by atoms with Crippen molar-refractivity contribution in [3.8, 4) is 0 Å². The highest BCUT2D eigenvalue weighted by Gasteiger charge is 2.27. The number of ether oxygens (including phenoxy) is 1. The van der Waals surface area contributed by atoms with Crippen molar-refractivity contribution in [2.45, 2.75) is 19.1 Å². The van der Waals surface area contributed by atoms with E-state index in [1.165, 1.54) is 0 Å². The van der Waals surface area contributed by atoms with E-state index in [4.69, 9.17) is 4.74 Å². The van der Waals surface area contributed by atoms with Gasteiger partial charge in [0.1, 0.15) is 0 Å². The Morgan fingerprint density at radius 1 is 1.03 bits per heavy atom. The third-order valence-electron chi connectivity index (χ3n) is 4.98. The molecule has 4 N–H and O–H groups in total. The molecule has 0 aromatic carbocycles. The molecule has 3 amide bonds. The van der Waals surface area contributed by atoms with Gasteiger partial charge in [-0.2, -0.15) is 0 Å². The summed E-state index contributed by atoms with van der Waals surface area (Å²) >= 11 is 4.46. The maximum Gasteiger partial charge on any atom is 0.407 e. The number of nitrogens with zero attached hydrogens (tertiary/aromatic N) is 5. The van der Waals surface area contributed by atoms with Crippen molar-refractivity contribution in [1.82, 2.24) is 19.6 Å². The molecule has 2 unspecified atom stereocenters. The highest BCUT2D eigenvalue weighted by atomic mass is 32.1. The predicted molar refractivity (Wildman–Crippen MR) is 117 cm³/mol. The van der Waals surface area contributed by atoms with Gasteiger partial charge >= 0.3 is 18.3 Å². The number of thiocarbonyl (C=S) groups is 1. The van der Waals surface area contributed by atoms with Gasteiger partial charge in [0.15, 0.2) is 0 Å². The van der Waals surface area contributed by atoms with Crippen LogP contribution in [0.2, 0.25) is 0 Å². The number of hydrogen-bond donors (Lipinski definition) is 4. The number of β-amino-alcohol motifs (C(OH)–C–C–N with tert-alkyl or cyclic N) is 1. The predicted octanol–water partition coefficient (Wildman–Crippen LogP) is 0.111. The monoisotopic (exact) mass is 477 g/mol. The number of amides is 3. The van der Waals surface area contributed by atoms with Crippen LogP contribution >= 0.6 is 12.2 Å². The molecule has 1 heterocycles. The van der Waals surface area contributed by atoms with E-state index in [0.29, 0.717) is 6.54 Å². The molecule has 0 aliphatic carbocycles. The molecule has 13 nitrogen and oxygen atoms in total. The van der Waals surface area contributed by atoms with E-state index in [2.05, 4.69) is 22.4 Å². The van der Waals surface area contributed by atoms with E-state index < -0.39 is 30.4 Å². The number of aliphatic imine (C=N–C) groups is 1. The van der Waals surface area contributed by atoms with Crippen LogP contribution in [0.15, 0.2) is 4.99 Å². The van der Waals surface area contributed by atoms with Crippen molar-refractivity contribution >= 4 is 35.7 Å². The van der Waals surface area contributed by atoms with E-state index in [-0.39, 0.29) is 65.6 Å². The van der Waals surface area contributed by atoms with Gasteiger partial charge in [-0.05, 0) is 19.1 Å². The maximum atomic E-state index is 11.7. The zero-order chi connectivity index (χ0) is 24.1. The van der Waals surface area contributed by atoms with Gasteiger partial charge in [-0.15, -0.1) is 0 Å². The second kappa shape index (κ2) is 14.5. The third-order valence-corrected chi connectivity index (χ3v) is 5.11. The van der Waals surface area contributed by atoms with Gasteiger partial charge in [0, 0.05) is 58.4 Å². The van der Waals surface area contributed by atoms with Crippen LogP contribution < -0.4 is 0 Å². The molecule has 0 saturated carbocycles. The van der Waals surface area contributed by atoms with Crippen LogP contribution in [0.3, 0.4) is 0 Å². The molecule has 0 aromatic heterocycles. The molecule has 32 heavy (non-hydrogen) atoms. The van der Waals surface area contributed by atoms with Gasteiger partial charge in [-0.1, -0.05) is 0 Å². The lowest BCUT2D eigenvalue weighted by Gasteiger charge is -2.35. The summed E-state index contributed by atoms with van der Waals surface area (Å²) < 4.78 is 5.32. The molecule has 2 atom stereocenters. The number of carboxylic acid groups (broad SMARTS) is 3. The normalized spacial score (nSPS) is 19.9. The Labute approximate surface area is 191 Å². The summed E-state index contributed by atoms with van der Waals surface area (Å²) in [5.74, 6) is 0. The second-order valence-electron chi connectivity index (χ2n) is 7.33. The number of isothiocyanates is 1. The summed E-state index contributed by atoms with van der Waals surface area (Å²) in [5, 5.41) is 40.9. The maximum absolute atomic E-state index is 11.7. The lowest BCUT2D eigenvalue weighted by molar-refractivity contribution is 0.0145. The van der Waals surface area contributed by atoms with E-state index in [1.54, 1.807) is 11.8 Å². The molecular weight excluding hydrogens is 446 g/mol. The minimum absolute atomic E-state index is 0.0265. The van der Waals surface area contributed by atoms with E-state index in [0.717, 1.165) is 14.7 Å². The van der Waals surface area contributed by atoms with Crippen molar-refractivity contribution in [2.24, 2.45) is 4.99 Å². The minimum Gasteiger partial charge on any atom is -0.465 e. The van der Waals surface area contributed by atoms with Crippen LogP contribution in [0.5, 0.6) is 0 Å². The first-order valence-electron chi connectivity index (χ1n) is 10.1. The van der Waals surface area contributed by atoms with Crippen LogP contribution in [-0.2, 0) is 4.74 Å². The lowest BCUT2D eigenvalue weighted by atomic mass is 10.2. The SMILES string of the molecule is CC1CN(C(=O)O)CCN(C(=O)O)CCN(CC(O)COCCN=C=S)CCN1C(=O)O. The van der Waals surface area contributed by atoms with E-state index in [1.807, 2.05) is 0 Å².